The number of halogens is 2. The molecule has 1 fully saturated rings. The molecule has 27 heavy (non-hydrogen) atoms. The van der Waals surface area contributed by atoms with Gasteiger partial charge in [0.1, 0.15) is 5.82 Å². The zero-order chi connectivity index (χ0) is 19.2. The Labute approximate surface area is 165 Å². The van der Waals surface area contributed by atoms with E-state index in [-0.39, 0.29) is 5.91 Å². The van der Waals surface area contributed by atoms with Crippen molar-refractivity contribution in [1.29, 1.82) is 0 Å². The highest BCUT2D eigenvalue weighted by atomic mass is 35.5. The van der Waals surface area contributed by atoms with Crippen molar-refractivity contribution in [2.24, 2.45) is 5.92 Å². The fourth-order valence-electron chi connectivity index (χ4n) is 3.41. The molecule has 2 aromatic carbocycles. The van der Waals surface area contributed by atoms with E-state index >= 15 is 0 Å². The van der Waals surface area contributed by atoms with Crippen molar-refractivity contribution in [1.82, 2.24) is 9.80 Å². The molecule has 0 bridgehead atoms. The Hall–Kier alpha value is -1.91. The summed E-state index contributed by atoms with van der Waals surface area (Å²) in [7, 11) is 0. The largest absolute Gasteiger partial charge is 0.333 e. The zero-order valence-corrected chi connectivity index (χ0v) is 16.5. The Morgan fingerprint density at radius 2 is 1.89 bits per heavy atom. The van der Waals surface area contributed by atoms with Crippen LogP contribution in [-0.4, -0.2) is 41.9 Å². The van der Waals surface area contributed by atoms with Gasteiger partial charge in [0.15, 0.2) is 0 Å². The van der Waals surface area contributed by atoms with Crippen LogP contribution < -0.4 is 0 Å². The number of likely N-dealkylation sites (tertiary alicyclic amines) is 1. The van der Waals surface area contributed by atoms with Crippen molar-refractivity contribution in [3.8, 4) is 0 Å². The van der Waals surface area contributed by atoms with Crippen molar-refractivity contribution >= 4 is 17.5 Å². The predicted molar refractivity (Wildman–Crippen MR) is 107 cm³/mol. The first kappa shape index (κ1) is 19.8. The van der Waals surface area contributed by atoms with Gasteiger partial charge in [0.25, 0.3) is 5.91 Å². The number of piperidine rings is 1. The summed E-state index contributed by atoms with van der Waals surface area (Å²) in [6, 6.07) is 13.4. The minimum atomic E-state index is -0.391. The summed E-state index contributed by atoms with van der Waals surface area (Å²) in [6.07, 6.45) is 2.41. The maximum absolute atomic E-state index is 13.6. The van der Waals surface area contributed by atoms with Crippen molar-refractivity contribution in [2.45, 2.75) is 26.3 Å². The normalized spacial score (nSPS) is 15.7. The minimum Gasteiger partial charge on any atom is -0.333 e. The van der Waals surface area contributed by atoms with Gasteiger partial charge in [0.2, 0.25) is 0 Å². The number of amides is 1. The molecule has 0 radical (unpaired) electrons. The molecule has 1 saturated heterocycles. The van der Waals surface area contributed by atoms with Crippen LogP contribution in [0.5, 0.6) is 0 Å². The topological polar surface area (TPSA) is 23.6 Å². The highest BCUT2D eigenvalue weighted by Gasteiger charge is 2.20. The first-order valence-corrected chi connectivity index (χ1v) is 9.90. The molecule has 1 aliphatic rings. The number of carbonyl (C=O) groups is 1. The lowest BCUT2D eigenvalue weighted by Crippen LogP contribution is -2.41. The van der Waals surface area contributed by atoms with E-state index in [1.54, 1.807) is 17.0 Å². The lowest BCUT2D eigenvalue weighted by Gasteiger charge is -2.32. The second-order valence-electron chi connectivity index (χ2n) is 7.39. The quantitative estimate of drug-likeness (QED) is 0.706. The van der Waals surface area contributed by atoms with E-state index in [1.807, 2.05) is 24.3 Å². The van der Waals surface area contributed by atoms with Crippen LogP contribution in [0.15, 0.2) is 48.5 Å². The number of hydrogen-bond donors (Lipinski definition) is 0. The van der Waals surface area contributed by atoms with Crippen molar-refractivity contribution in [3.05, 3.63) is 70.5 Å². The van der Waals surface area contributed by atoms with Crippen LogP contribution in [0.3, 0.4) is 0 Å². The molecule has 0 spiro atoms. The number of carbonyl (C=O) groups excluding carboxylic acids is 1. The van der Waals surface area contributed by atoms with Gasteiger partial charge in [-0.05, 0) is 67.7 Å². The predicted octanol–water partition coefficient (Wildman–Crippen LogP) is 4.85. The second-order valence-corrected chi connectivity index (χ2v) is 7.82. The average molecular weight is 389 g/mol. The number of hydrogen-bond acceptors (Lipinski definition) is 2. The van der Waals surface area contributed by atoms with Gasteiger partial charge < -0.3 is 9.80 Å². The standard InChI is InChI=1S/C22H26ClFN2O/c1-17-9-11-25(12-10-17)13-14-26(16-18-5-7-20(23)8-6-18)22(27)19-3-2-4-21(24)15-19/h2-8,15,17H,9-14,16H2,1H3. The molecular weight excluding hydrogens is 363 g/mol. The molecule has 0 saturated carbocycles. The highest BCUT2D eigenvalue weighted by Crippen LogP contribution is 2.17. The van der Waals surface area contributed by atoms with E-state index in [2.05, 4.69) is 11.8 Å². The lowest BCUT2D eigenvalue weighted by molar-refractivity contribution is 0.0709. The van der Waals surface area contributed by atoms with Crippen molar-refractivity contribution in [2.75, 3.05) is 26.2 Å². The van der Waals surface area contributed by atoms with Gasteiger partial charge in [0.05, 0.1) is 0 Å². The molecular formula is C22H26ClFN2O. The van der Waals surface area contributed by atoms with Crippen LogP contribution in [-0.2, 0) is 6.54 Å². The van der Waals surface area contributed by atoms with E-state index in [0.717, 1.165) is 31.1 Å². The van der Waals surface area contributed by atoms with Gasteiger partial charge >= 0.3 is 0 Å². The zero-order valence-electron chi connectivity index (χ0n) is 15.7. The second kappa shape index (κ2) is 9.34. The Balaban J connectivity index is 1.71. The first-order chi connectivity index (χ1) is 13.0. The van der Waals surface area contributed by atoms with Crippen LogP contribution in [0.4, 0.5) is 4.39 Å². The van der Waals surface area contributed by atoms with Crippen molar-refractivity contribution < 1.29 is 9.18 Å². The van der Waals surface area contributed by atoms with Gasteiger partial charge in [-0.2, -0.15) is 0 Å². The Morgan fingerprint density at radius 3 is 2.56 bits per heavy atom. The first-order valence-electron chi connectivity index (χ1n) is 9.53. The summed E-state index contributed by atoms with van der Waals surface area (Å²) in [5, 5.41) is 0.671. The summed E-state index contributed by atoms with van der Waals surface area (Å²) in [5.74, 6) is 0.243. The molecule has 3 nitrogen and oxygen atoms in total. The third-order valence-electron chi connectivity index (χ3n) is 5.21. The van der Waals surface area contributed by atoms with Crippen LogP contribution in [0.1, 0.15) is 35.7 Å². The summed E-state index contributed by atoms with van der Waals surface area (Å²) >= 11 is 5.97. The molecule has 0 aromatic heterocycles. The molecule has 5 heteroatoms. The van der Waals surface area contributed by atoms with E-state index in [1.165, 1.54) is 25.0 Å². The van der Waals surface area contributed by atoms with E-state index in [9.17, 15) is 9.18 Å². The monoisotopic (exact) mass is 388 g/mol. The summed E-state index contributed by atoms with van der Waals surface area (Å²) < 4.78 is 13.6. The molecule has 0 N–H and O–H groups in total. The molecule has 3 rings (SSSR count). The van der Waals surface area contributed by atoms with Gasteiger partial charge in [-0.15, -0.1) is 0 Å². The van der Waals surface area contributed by atoms with Gasteiger partial charge in [-0.25, -0.2) is 4.39 Å². The summed E-state index contributed by atoms with van der Waals surface area (Å²) in [5.41, 5.74) is 1.40. The number of rotatable bonds is 6. The SMILES string of the molecule is CC1CCN(CCN(Cc2ccc(Cl)cc2)C(=O)c2cccc(F)c2)CC1. The fourth-order valence-corrected chi connectivity index (χ4v) is 3.54. The third kappa shape index (κ3) is 5.78. The fraction of sp³-hybridized carbons (Fsp3) is 0.409. The van der Waals surface area contributed by atoms with Gasteiger partial charge in [0, 0.05) is 30.2 Å². The Kier molecular flexibility index (Phi) is 6.86. The van der Waals surface area contributed by atoms with Crippen LogP contribution >= 0.6 is 11.6 Å². The van der Waals surface area contributed by atoms with E-state index in [0.29, 0.717) is 23.7 Å². The van der Waals surface area contributed by atoms with E-state index < -0.39 is 5.82 Å². The number of benzene rings is 2. The summed E-state index contributed by atoms with van der Waals surface area (Å²) in [6.45, 7) is 6.37. The molecule has 0 aliphatic carbocycles. The molecule has 0 atom stereocenters. The van der Waals surface area contributed by atoms with Crippen molar-refractivity contribution in [3.63, 3.8) is 0 Å². The minimum absolute atomic E-state index is 0.144. The lowest BCUT2D eigenvalue weighted by atomic mass is 9.99. The average Bonchev–Trinajstić information content (AvgIpc) is 2.67. The molecule has 144 valence electrons. The third-order valence-corrected chi connectivity index (χ3v) is 5.46. The number of nitrogens with zero attached hydrogens (tertiary/aromatic N) is 2. The van der Waals surface area contributed by atoms with Gasteiger partial charge in [-0.1, -0.05) is 36.7 Å². The molecule has 1 amide bonds. The maximum Gasteiger partial charge on any atom is 0.254 e. The van der Waals surface area contributed by atoms with Crippen LogP contribution in [0.2, 0.25) is 5.02 Å². The Bertz CT molecular complexity index is 757. The van der Waals surface area contributed by atoms with Crippen LogP contribution in [0.25, 0.3) is 0 Å². The molecule has 1 aliphatic heterocycles. The molecule has 0 unspecified atom stereocenters. The van der Waals surface area contributed by atoms with Gasteiger partial charge in [-0.3, -0.25) is 4.79 Å². The van der Waals surface area contributed by atoms with Crippen LogP contribution in [0, 0.1) is 11.7 Å². The highest BCUT2D eigenvalue weighted by molar-refractivity contribution is 6.30. The maximum atomic E-state index is 13.6. The molecule has 2 aromatic rings. The Morgan fingerprint density at radius 1 is 1.19 bits per heavy atom. The molecule has 1 heterocycles. The smallest absolute Gasteiger partial charge is 0.254 e. The summed E-state index contributed by atoms with van der Waals surface area (Å²) in [4.78, 5) is 17.2. The van der Waals surface area contributed by atoms with E-state index in [4.69, 9.17) is 11.6 Å².